The van der Waals surface area contributed by atoms with E-state index in [0.29, 0.717) is 12.1 Å². The third kappa shape index (κ3) is 3.67. The number of hydrogen-bond acceptors (Lipinski definition) is 4. The highest BCUT2D eigenvalue weighted by Gasteiger charge is 2.41. The summed E-state index contributed by atoms with van der Waals surface area (Å²) in [5.41, 5.74) is 8.02. The summed E-state index contributed by atoms with van der Waals surface area (Å²) in [5, 5.41) is 3.21. The topological polar surface area (TPSA) is 81.4 Å². The van der Waals surface area contributed by atoms with Gasteiger partial charge in [0.05, 0.1) is 18.7 Å². The van der Waals surface area contributed by atoms with Crippen LogP contribution >= 0.6 is 12.4 Å². The minimum atomic E-state index is -0.469. The Kier molecular flexibility index (Phi) is 6.17. The molecule has 1 heterocycles. The Morgan fingerprint density at radius 2 is 1.72 bits per heavy atom. The second kappa shape index (κ2) is 8.14. The third-order valence-electron chi connectivity index (χ3n) is 4.61. The number of primary amides is 1. The molecule has 5 nitrogen and oxygen atoms in total. The third-order valence-corrected chi connectivity index (χ3v) is 4.61. The van der Waals surface area contributed by atoms with Crippen molar-refractivity contribution in [3.63, 3.8) is 0 Å². The van der Waals surface area contributed by atoms with E-state index in [1.54, 1.807) is 12.1 Å². The van der Waals surface area contributed by atoms with Gasteiger partial charge in [0.2, 0.25) is 5.91 Å². The number of carbonyl (C=O) groups excluding carboxylic acids is 2. The van der Waals surface area contributed by atoms with E-state index in [1.807, 2.05) is 42.5 Å². The summed E-state index contributed by atoms with van der Waals surface area (Å²) in [6.45, 7) is 0.571. The predicted octanol–water partition coefficient (Wildman–Crippen LogP) is 2.22. The zero-order chi connectivity index (χ0) is 17.1. The van der Waals surface area contributed by atoms with Crippen LogP contribution in [0.4, 0.5) is 0 Å². The monoisotopic (exact) mass is 360 g/mol. The average Bonchev–Trinajstić information content (AvgIpc) is 3.07. The number of halogens is 1. The molecule has 3 N–H and O–H groups in total. The van der Waals surface area contributed by atoms with Crippen LogP contribution < -0.4 is 11.1 Å². The highest BCUT2D eigenvalue weighted by Crippen LogP contribution is 2.40. The number of amides is 1. The van der Waals surface area contributed by atoms with Crippen molar-refractivity contribution in [1.82, 2.24) is 5.32 Å². The van der Waals surface area contributed by atoms with Crippen molar-refractivity contribution in [2.75, 3.05) is 13.7 Å². The number of esters is 1. The molecule has 1 unspecified atom stereocenters. The molecule has 0 bridgehead atoms. The van der Waals surface area contributed by atoms with Gasteiger partial charge in [-0.05, 0) is 17.2 Å². The molecule has 6 heteroatoms. The van der Waals surface area contributed by atoms with Crippen LogP contribution in [0.5, 0.6) is 0 Å². The van der Waals surface area contributed by atoms with Gasteiger partial charge in [0, 0.05) is 18.4 Å². The van der Waals surface area contributed by atoms with Gasteiger partial charge in [0.1, 0.15) is 0 Å². The standard InChI is InChI=1S/C19H20N2O3.ClH/c1-24-19(23)14-10-6-5-9-13(14)15-11-21-17(18(20)22)16(15)12-7-3-2-4-8-12;/h2-10,15-17,21H,11H2,1H3,(H2,20,22);1H/t15?,16-,17+;/m1./s1. The SMILES string of the molecule is COC(=O)c1ccccc1C1CN[C@H](C(N)=O)[C@@H]1c1ccccc1.Cl. The molecule has 0 saturated carbocycles. The van der Waals surface area contributed by atoms with Crippen molar-refractivity contribution in [1.29, 1.82) is 0 Å². The molecular formula is C19H21ClN2O3. The van der Waals surface area contributed by atoms with E-state index in [0.717, 1.165) is 11.1 Å². The molecule has 1 amide bonds. The van der Waals surface area contributed by atoms with E-state index in [4.69, 9.17) is 10.5 Å². The molecule has 3 atom stereocenters. The van der Waals surface area contributed by atoms with E-state index >= 15 is 0 Å². The van der Waals surface area contributed by atoms with Crippen molar-refractivity contribution in [3.05, 3.63) is 71.3 Å². The zero-order valence-electron chi connectivity index (χ0n) is 13.8. The van der Waals surface area contributed by atoms with Crippen LogP contribution in [0.1, 0.15) is 33.3 Å². The number of nitrogens with one attached hydrogen (secondary N) is 1. The smallest absolute Gasteiger partial charge is 0.338 e. The first kappa shape index (κ1) is 19.0. The van der Waals surface area contributed by atoms with Gasteiger partial charge in [-0.3, -0.25) is 4.79 Å². The summed E-state index contributed by atoms with van der Waals surface area (Å²) in [4.78, 5) is 24.0. The van der Waals surface area contributed by atoms with Crippen molar-refractivity contribution in [2.45, 2.75) is 17.9 Å². The van der Waals surface area contributed by atoms with Crippen molar-refractivity contribution in [2.24, 2.45) is 5.73 Å². The lowest BCUT2D eigenvalue weighted by atomic mass is 9.79. The van der Waals surface area contributed by atoms with Crippen molar-refractivity contribution >= 4 is 24.3 Å². The fraction of sp³-hybridized carbons (Fsp3) is 0.263. The van der Waals surface area contributed by atoms with E-state index in [9.17, 15) is 9.59 Å². The van der Waals surface area contributed by atoms with E-state index in [-0.39, 0.29) is 36.1 Å². The van der Waals surface area contributed by atoms with Crippen molar-refractivity contribution < 1.29 is 14.3 Å². The molecule has 1 saturated heterocycles. The molecule has 1 aliphatic rings. The molecule has 0 spiro atoms. The second-order valence-electron chi connectivity index (χ2n) is 5.91. The van der Waals surface area contributed by atoms with Crippen LogP contribution in [0.3, 0.4) is 0 Å². The van der Waals surface area contributed by atoms with E-state index in [2.05, 4.69) is 5.32 Å². The molecule has 1 aliphatic heterocycles. The highest BCUT2D eigenvalue weighted by atomic mass is 35.5. The molecule has 0 radical (unpaired) electrons. The Bertz CT molecular complexity index is 751. The summed E-state index contributed by atoms with van der Waals surface area (Å²) < 4.78 is 4.90. The lowest BCUT2D eigenvalue weighted by molar-refractivity contribution is -0.120. The number of hydrogen-bond donors (Lipinski definition) is 2. The number of methoxy groups -OCH3 is 1. The van der Waals surface area contributed by atoms with Gasteiger partial charge in [-0.15, -0.1) is 12.4 Å². The number of nitrogens with two attached hydrogens (primary N) is 1. The van der Waals surface area contributed by atoms with Crippen LogP contribution in [-0.2, 0) is 9.53 Å². The predicted molar refractivity (Wildman–Crippen MR) is 97.9 cm³/mol. The summed E-state index contributed by atoms with van der Waals surface area (Å²) >= 11 is 0. The maximum Gasteiger partial charge on any atom is 0.338 e. The van der Waals surface area contributed by atoms with Crippen LogP contribution in [-0.4, -0.2) is 31.6 Å². The van der Waals surface area contributed by atoms with E-state index in [1.165, 1.54) is 7.11 Å². The molecule has 25 heavy (non-hydrogen) atoms. The molecule has 1 fully saturated rings. The number of benzene rings is 2. The minimum absolute atomic E-state index is 0. The maximum atomic E-state index is 12.1. The van der Waals surface area contributed by atoms with Gasteiger partial charge in [-0.1, -0.05) is 48.5 Å². The first-order chi connectivity index (χ1) is 11.6. The zero-order valence-corrected chi connectivity index (χ0v) is 14.7. The first-order valence-electron chi connectivity index (χ1n) is 7.88. The summed E-state index contributed by atoms with van der Waals surface area (Å²) in [6.07, 6.45) is 0. The Morgan fingerprint density at radius 3 is 2.36 bits per heavy atom. The molecule has 2 aromatic rings. The van der Waals surface area contributed by atoms with Gasteiger partial charge >= 0.3 is 5.97 Å². The van der Waals surface area contributed by atoms with Crippen LogP contribution in [0.25, 0.3) is 0 Å². The van der Waals surface area contributed by atoms with Crippen molar-refractivity contribution in [3.8, 4) is 0 Å². The molecular weight excluding hydrogens is 340 g/mol. The van der Waals surface area contributed by atoms with Crippen LogP contribution in [0.15, 0.2) is 54.6 Å². The fourth-order valence-electron chi connectivity index (χ4n) is 3.54. The number of ether oxygens (including phenoxy) is 1. The Hall–Kier alpha value is -2.37. The Labute approximate surface area is 153 Å². The molecule has 0 aromatic heterocycles. The molecule has 0 aliphatic carbocycles. The molecule has 3 rings (SSSR count). The lowest BCUT2D eigenvalue weighted by Gasteiger charge is -2.24. The second-order valence-corrected chi connectivity index (χ2v) is 5.91. The summed E-state index contributed by atoms with van der Waals surface area (Å²) in [6, 6.07) is 16.7. The number of carbonyl (C=O) groups is 2. The minimum Gasteiger partial charge on any atom is -0.465 e. The largest absolute Gasteiger partial charge is 0.465 e. The van der Waals surface area contributed by atoms with Gasteiger partial charge < -0.3 is 15.8 Å². The van der Waals surface area contributed by atoms with Crippen LogP contribution in [0.2, 0.25) is 0 Å². The maximum absolute atomic E-state index is 12.1. The first-order valence-corrected chi connectivity index (χ1v) is 7.88. The Morgan fingerprint density at radius 1 is 1.08 bits per heavy atom. The van der Waals surface area contributed by atoms with Gasteiger partial charge in [0.15, 0.2) is 0 Å². The van der Waals surface area contributed by atoms with Gasteiger partial charge in [-0.2, -0.15) is 0 Å². The fourth-order valence-corrected chi connectivity index (χ4v) is 3.54. The normalized spacial score (nSPS) is 22.0. The molecule has 132 valence electrons. The quantitative estimate of drug-likeness (QED) is 0.819. The Balaban J connectivity index is 0.00000225. The summed E-state index contributed by atoms with van der Waals surface area (Å²) in [5.74, 6) is -0.934. The summed E-state index contributed by atoms with van der Waals surface area (Å²) in [7, 11) is 1.37. The number of rotatable bonds is 4. The van der Waals surface area contributed by atoms with Gasteiger partial charge in [0.25, 0.3) is 0 Å². The average molecular weight is 361 g/mol. The van der Waals surface area contributed by atoms with E-state index < -0.39 is 6.04 Å². The highest BCUT2D eigenvalue weighted by molar-refractivity contribution is 5.91. The van der Waals surface area contributed by atoms with Gasteiger partial charge in [-0.25, -0.2) is 4.79 Å². The molecule has 2 aromatic carbocycles. The van der Waals surface area contributed by atoms with Crippen LogP contribution in [0, 0.1) is 0 Å². The lowest BCUT2D eigenvalue weighted by Crippen LogP contribution is -2.39.